The molecule has 3 aromatic rings. The highest BCUT2D eigenvalue weighted by Crippen LogP contribution is 2.32. The van der Waals surface area contributed by atoms with Crippen LogP contribution in [0.1, 0.15) is 28.5 Å². The summed E-state index contributed by atoms with van der Waals surface area (Å²) in [6.07, 6.45) is -0.115. The van der Waals surface area contributed by atoms with E-state index in [-0.39, 0.29) is 16.8 Å². The minimum Gasteiger partial charge on any atom is -0.472 e. The number of ether oxygens (including phenoxy) is 1. The predicted molar refractivity (Wildman–Crippen MR) is 105 cm³/mol. The fourth-order valence-electron chi connectivity index (χ4n) is 3.18. The largest absolute Gasteiger partial charge is 0.472 e. The van der Waals surface area contributed by atoms with Crippen LogP contribution in [0.3, 0.4) is 0 Å². The molecule has 0 unspecified atom stereocenters. The summed E-state index contributed by atoms with van der Waals surface area (Å²) in [6.45, 7) is 1.68. The lowest BCUT2D eigenvalue weighted by atomic mass is 10.1. The fraction of sp³-hybridized carbons (Fsp3) is 0.263. The topological polar surface area (TPSA) is 141 Å². The normalized spacial score (nSPS) is 11.2. The van der Waals surface area contributed by atoms with Crippen LogP contribution in [0.2, 0.25) is 5.02 Å². The van der Waals surface area contributed by atoms with E-state index in [4.69, 9.17) is 32.3 Å². The Bertz CT molecular complexity index is 1080. The number of nitrogens with two attached hydrogens (primary N) is 1. The first-order valence-electron chi connectivity index (χ1n) is 8.77. The Morgan fingerprint density at radius 3 is 2.69 bits per heavy atom. The third-order valence-corrected chi connectivity index (χ3v) is 4.53. The van der Waals surface area contributed by atoms with Gasteiger partial charge < -0.3 is 25.3 Å². The second kappa shape index (κ2) is 8.56. The molecule has 0 spiro atoms. The number of carbonyl (C=O) groups excluding carboxylic acids is 2. The van der Waals surface area contributed by atoms with Gasteiger partial charge in [0, 0.05) is 17.3 Å². The number of rotatable bonds is 8. The van der Waals surface area contributed by atoms with Gasteiger partial charge in [-0.05, 0) is 24.1 Å². The van der Waals surface area contributed by atoms with E-state index in [0.29, 0.717) is 29.3 Å². The molecule has 1 aromatic carbocycles. The number of aromatic nitrogens is 3. The van der Waals surface area contributed by atoms with Crippen molar-refractivity contribution in [2.75, 3.05) is 6.61 Å². The number of fused-ring (bicyclic) bond motifs is 1. The number of halogens is 1. The molecule has 0 saturated heterocycles. The Kier molecular flexibility index (Phi) is 6.12. The molecule has 2 aromatic heterocycles. The number of amides is 1. The molecular formula is C19H19ClN4O5. The summed E-state index contributed by atoms with van der Waals surface area (Å²) in [7, 11) is 0. The van der Waals surface area contributed by atoms with Crippen molar-refractivity contribution in [3.63, 3.8) is 0 Å². The van der Waals surface area contributed by atoms with Crippen molar-refractivity contribution >= 4 is 34.3 Å². The van der Waals surface area contributed by atoms with Crippen LogP contribution in [-0.4, -0.2) is 49.3 Å². The van der Waals surface area contributed by atoms with Crippen LogP contribution in [-0.2, 0) is 17.8 Å². The molecule has 152 valence electrons. The molecule has 4 N–H and O–H groups in total. The summed E-state index contributed by atoms with van der Waals surface area (Å²) in [6, 6.07) is 7.20. The fourth-order valence-corrected chi connectivity index (χ4v) is 3.39. The highest BCUT2D eigenvalue weighted by molar-refractivity contribution is 6.45. The average molecular weight is 419 g/mol. The summed E-state index contributed by atoms with van der Waals surface area (Å²) in [5.74, 6) is -2.08. The molecule has 0 atom stereocenters. The maximum Gasteiger partial charge on any atom is 0.289 e. The van der Waals surface area contributed by atoms with Crippen LogP contribution in [0.5, 0.6) is 5.88 Å². The number of hydrogen-bond acceptors (Lipinski definition) is 7. The molecule has 0 fully saturated rings. The van der Waals surface area contributed by atoms with Gasteiger partial charge in [-0.1, -0.05) is 30.7 Å². The van der Waals surface area contributed by atoms with Gasteiger partial charge in [-0.15, -0.1) is 0 Å². The Hall–Kier alpha value is -3.01. The zero-order valence-electron chi connectivity index (χ0n) is 15.5. The highest BCUT2D eigenvalue weighted by Gasteiger charge is 2.29. The van der Waals surface area contributed by atoms with E-state index >= 15 is 0 Å². The van der Waals surface area contributed by atoms with E-state index in [2.05, 4.69) is 9.97 Å². The number of carbonyl (C=O) groups is 2. The van der Waals surface area contributed by atoms with Gasteiger partial charge in [-0.2, -0.15) is 0 Å². The van der Waals surface area contributed by atoms with Gasteiger partial charge >= 0.3 is 0 Å². The van der Waals surface area contributed by atoms with Crippen LogP contribution in [0.4, 0.5) is 0 Å². The summed E-state index contributed by atoms with van der Waals surface area (Å²) in [5.41, 5.74) is 7.03. The second-order valence-corrected chi connectivity index (χ2v) is 6.69. The first-order chi connectivity index (χ1) is 13.8. The van der Waals surface area contributed by atoms with Crippen molar-refractivity contribution < 1.29 is 24.5 Å². The quantitative estimate of drug-likeness (QED) is 0.282. The first kappa shape index (κ1) is 20.7. The Morgan fingerprint density at radius 1 is 1.31 bits per heavy atom. The van der Waals surface area contributed by atoms with Crippen molar-refractivity contribution in [1.29, 1.82) is 0 Å². The Morgan fingerprint density at radius 2 is 2.07 bits per heavy atom. The third kappa shape index (κ3) is 4.21. The zero-order valence-corrected chi connectivity index (χ0v) is 16.3. The van der Waals surface area contributed by atoms with Crippen molar-refractivity contribution in [3.05, 3.63) is 52.4 Å². The van der Waals surface area contributed by atoms with Gasteiger partial charge in [0.2, 0.25) is 5.88 Å². The Balaban J connectivity index is 2.26. The first-order valence-corrected chi connectivity index (χ1v) is 9.14. The van der Waals surface area contributed by atoms with Crippen molar-refractivity contribution in [2.45, 2.75) is 26.2 Å². The smallest absolute Gasteiger partial charge is 0.289 e. The van der Waals surface area contributed by atoms with Crippen molar-refractivity contribution in [2.24, 2.45) is 5.73 Å². The van der Waals surface area contributed by atoms with E-state index in [1.165, 1.54) is 6.33 Å². The van der Waals surface area contributed by atoms with Gasteiger partial charge in [0.05, 0.1) is 10.9 Å². The number of nitrogens with zero attached hydrogens (tertiary/aromatic N) is 3. The average Bonchev–Trinajstić information content (AvgIpc) is 2.99. The van der Waals surface area contributed by atoms with Crippen molar-refractivity contribution in [3.8, 4) is 5.88 Å². The second-order valence-electron chi connectivity index (χ2n) is 6.25. The molecule has 9 nitrogen and oxygen atoms in total. The lowest BCUT2D eigenvalue weighted by Gasteiger charge is -2.10. The van der Waals surface area contributed by atoms with Crippen LogP contribution >= 0.6 is 11.6 Å². The molecule has 0 aliphatic rings. The molecule has 0 saturated carbocycles. The van der Waals surface area contributed by atoms with Gasteiger partial charge in [-0.25, -0.2) is 9.97 Å². The molecule has 0 bridgehead atoms. The van der Waals surface area contributed by atoms with Crippen LogP contribution < -0.4 is 10.5 Å². The molecule has 29 heavy (non-hydrogen) atoms. The van der Waals surface area contributed by atoms with Gasteiger partial charge in [-0.3, -0.25) is 9.59 Å². The minimum atomic E-state index is -1.74. The van der Waals surface area contributed by atoms with Gasteiger partial charge in [0.25, 0.3) is 11.7 Å². The Labute approximate surface area is 170 Å². The molecule has 2 heterocycles. The number of Topliss-reactive ketones (excluding diaryl/α,β-unsaturated/α-hetero) is 1. The summed E-state index contributed by atoms with van der Waals surface area (Å²) < 4.78 is 7.11. The van der Waals surface area contributed by atoms with E-state index in [9.17, 15) is 9.59 Å². The lowest BCUT2D eigenvalue weighted by molar-refractivity contribution is -0.114. The van der Waals surface area contributed by atoms with Crippen LogP contribution in [0.25, 0.3) is 11.0 Å². The third-order valence-electron chi connectivity index (χ3n) is 4.30. The van der Waals surface area contributed by atoms with E-state index in [1.807, 2.05) is 13.0 Å². The van der Waals surface area contributed by atoms with Gasteiger partial charge in [0.15, 0.2) is 6.29 Å². The van der Waals surface area contributed by atoms with E-state index in [1.54, 1.807) is 22.8 Å². The van der Waals surface area contributed by atoms with Crippen LogP contribution in [0, 0.1) is 0 Å². The molecule has 3 rings (SSSR count). The summed E-state index contributed by atoms with van der Waals surface area (Å²) in [5, 5.41) is 19.0. The number of aliphatic hydroxyl groups excluding tert-OH is 1. The molecule has 0 aliphatic heterocycles. The zero-order chi connectivity index (χ0) is 21.1. The number of primary amides is 1. The molecule has 0 radical (unpaired) electrons. The van der Waals surface area contributed by atoms with E-state index < -0.39 is 24.6 Å². The maximum atomic E-state index is 12.6. The number of benzene rings is 1. The highest BCUT2D eigenvalue weighted by atomic mass is 35.5. The maximum absolute atomic E-state index is 12.6. The number of hydrogen-bond donors (Lipinski definition) is 3. The molecule has 0 aliphatic carbocycles. The van der Waals surface area contributed by atoms with Crippen LogP contribution in [0.15, 0.2) is 30.6 Å². The van der Waals surface area contributed by atoms with E-state index in [0.717, 1.165) is 5.56 Å². The van der Waals surface area contributed by atoms with Gasteiger partial charge in [0.1, 0.15) is 18.6 Å². The predicted octanol–water partition coefficient (Wildman–Crippen LogP) is 1.05. The lowest BCUT2D eigenvalue weighted by Crippen LogP contribution is -2.24. The SMILES string of the molecule is CCc1c(C(=O)C(N)=O)c2c(OCC(O)O)ncnc2n1Cc1cccc(Cl)c1. The monoisotopic (exact) mass is 418 g/mol. The standard InChI is InChI=1S/C19H19ClN4O5/c1-2-12-14(16(27)17(21)28)15-18(22-9-23-19(15)29-8-13(25)26)24(12)7-10-4-3-5-11(20)6-10/h3-6,9,13,25-26H,2,7-8H2,1H3,(H2,21,28). The summed E-state index contributed by atoms with van der Waals surface area (Å²) in [4.78, 5) is 32.6. The minimum absolute atomic E-state index is 0.0417. The molecule has 10 heteroatoms. The molecule has 1 amide bonds. The number of aliphatic hydroxyl groups is 2. The van der Waals surface area contributed by atoms with Crippen molar-refractivity contribution in [1.82, 2.24) is 14.5 Å². The number of ketones is 1. The summed E-state index contributed by atoms with van der Waals surface area (Å²) >= 11 is 6.08. The molecular weight excluding hydrogens is 400 g/mol.